The number of rotatable bonds is 5. The first-order valence-electron chi connectivity index (χ1n) is 7.58. The summed E-state index contributed by atoms with van der Waals surface area (Å²) in [5.74, 6) is 1.14. The summed E-state index contributed by atoms with van der Waals surface area (Å²) in [6, 6.07) is 12.6. The lowest BCUT2D eigenvalue weighted by Crippen LogP contribution is -2.15. The fourth-order valence-electron chi connectivity index (χ4n) is 2.24. The summed E-state index contributed by atoms with van der Waals surface area (Å²) in [4.78, 5) is 16.4. The highest BCUT2D eigenvalue weighted by Gasteiger charge is 2.13. The number of halogens is 1. The van der Waals surface area contributed by atoms with Crippen LogP contribution in [-0.4, -0.2) is 23.2 Å². The average Bonchev–Trinajstić information content (AvgIpc) is 3.06. The Morgan fingerprint density at radius 1 is 1.24 bits per heavy atom. The summed E-state index contributed by atoms with van der Waals surface area (Å²) in [5, 5.41) is 7.26. The number of hydrogen-bond donors (Lipinski definition) is 1. The predicted molar refractivity (Wildman–Crippen MR) is 94.8 cm³/mol. The van der Waals surface area contributed by atoms with E-state index < -0.39 is 0 Å². The maximum absolute atomic E-state index is 12.2. The van der Waals surface area contributed by atoms with Crippen molar-refractivity contribution in [3.05, 3.63) is 58.9 Å². The van der Waals surface area contributed by atoms with Gasteiger partial charge < -0.3 is 14.6 Å². The van der Waals surface area contributed by atoms with Gasteiger partial charge in [-0.05, 0) is 48.9 Å². The Morgan fingerprint density at radius 3 is 2.72 bits per heavy atom. The van der Waals surface area contributed by atoms with Crippen LogP contribution in [0.2, 0.25) is 5.02 Å². The smallest absolute Gasteiger partial charge is 0.236 e. The number of benzene rings is 2. The largest absolute Gasteiger partial charge is 0.497 e. The highest BCUT2D eigenvalue weighted by atomic mass is 35.5. The van der Waals surface area contributed by atoms with Crippen molar-refractivity contribution in [1.29, 1.82) is 0 Å². The Morgan fingerprint density at radius 2 is 2.00 bits per heavy atom. The molecule has 0 fully saturated rings. The third-order valence-electron chi connectivity index (χ3n) is 3.60. The van der Waals surface area contributed by atoms with Crippen molar-refractivity contribution in [2.45, 2.75) is 13.3 Å². The molecule has 0 atom stereocenters. The van der Waals surface area contributed by atoms with Crippen LogP contribution < -0.4 is 10.1 Å². The molecule has 0 aliphatic rings. The lowest BCUT2D eigenvalue weighted by atomic mass is 10.2. The molecule has 3 rings (SSSR count). The van der Waals surface area contributed by atoms with Gasteiger partial charge in [-0.3, -0.25) is 4.79 Å². The molecule has 1 N–H and O–H groups in total. The number of aryl methyl sites for hydroxylation is 1. The van der Waals surface area contributed by atoms with E-state index in [-0.39, 0.29) is 18.2 Å². The monoisotopic (exact) mass is 357 g/mol. The van der Waals surface area contributed by atoms with Crippen LogP contribution in [0.15, 0.2) is 47.0 Å². The van der Waals surface area contributed by atoms with Gasteiger partial charge in [0, 0.05) is 16.3 Å². The minimum atomic E-state index is -0.254. The van der Waals surface area contributed by atoms with Crippen LogP contribution in [0, 0.1) is 6.92 Å². The van der Waals surface area contributed by atoms with Gasteiger partial charge >= 0.3 is 0 Å². The summed E-state index contributed by atoms with van der Waals surface area (Å²) in [7, 11) is 1.60. The van der Waals surface area contributed by atoms with Gasteiger partial charge in [0.05, 0.1) is 7.11 Å². The number of ether oxygens (including phenoxy) is 1. The number of nitrogens with zero attached hydrogens (tertiary/aromatic N) is 2. The van der Waals surface area contributed by atoms with E-state index in [0.29, 0.717) is 16.5 Å². The molecule has 3 aromatic rings. The van der Waals surface area contributed by atoms with Crippen LogP contribution in [-0.2, 0) is 11.2 Å². The minimum Gasteiger partial charge on any atom is -0.497 e. The molecule has 0 saturated carbocycles. The van der Waals surface area contributed by atoms with Crippen molar-refractivity contribution in [3.8, 4) is 17.1 Å². The topological polar surface area (TPSA) is 77.2 Å². The first-order chi connectivity index (χ1) is 12.0. The van der Waals surface area contributed by atoms with E-state index in [1.165, 1.54) is 0 Å². The first-order valence-corrected chi connectivity index (χ1v) is 7.96. The van der Waals surface area contributed by atoms with E-state index in [1.807, 2.05) is 25.1 Å². The molecule has 0 spiro atoms. The minimum absolute atomic E-state index is 0.0187. The van der Waals surface area contributed by atoms with E-state index in [2.05, 4.69) is 15.5 Å². The van der Waals surface area contributed by atoms with E-state index >= 15 is 0 Å². The number of hydrogen-bond acceptors (Lipinski definition) is 5. The maximum atomic E-state index is 12.2. The Balaban J connectivity index is 1.68. The molecular weight excluding hydrogens is 342 g/mol. The van der Waals surface area contributed by atoms with Crippen molar-refractivity contribution >= 4 is 23.2 Å². The van der Waals surface area contributed by atoms with Gasteiger partial charge in [-0.2, -0.15) is 4.98 Å². The standard InChI is InChI=1S/C18H16ClN3O3/c1-11-3-6-13(19)9-15(11)20-16(23)10-17-21-18(22-25-17)12-4-7-14(24-2)8-5-12/h3-9H,10H2,1-2H3,(H,20,23). The van der Waals surface area contributed by atoms with E-state index in [9.17, 15) is 4.79 Å². The Hall–Kier alpha value is -2.86. The summed E-state index contributed by atoms with van der Waals surface area (Å²) in [5.41, 5.74) is 2.36. The summed E-state index contributed by atoms with van der Waals surface area (Å²) in [6.45, 7) is 1.89. The Labute approximate surface area is 149 Å². The van der Waals surface area contributed by atoms with Gasteiger partial charge in [0.25, 0.3) is 0 Å². The van der Waals surface area contributed by atoms with Crippen LogP contribution in [0.5, 0.6) is 5.75 Å². The van der Waals surface area contributed by atoms with Gasteiger partial charge in [-0.25, -0.2) is 0 Å². The van der Waals surface area contributed by atoms with Crippen molar-refractivity contribution in [2.24, 2.45) is 0 Å². The maximum Gasteiger partial charge on any atom is 0.236 e. The molecule has 0 saturated heterocycles. The van der Waals surface area contributed by atoms with Gasteiger partial charge in [-0.15, -0.1) is 0 Å². The van der Waals surface area contributed by atoms with Crippen LogP contribution in [0.3, 0.4) is 0 Å². The van der Waals surface area contributed by atoms with Gasteiger partial charge in [0.1, 0.15) is 12.2 Å². The molecule has 7 heteroatoms. The highest BCUT2D eigenvalue weighted by molar-refractivity contribution is 6.31. The second-order valence-electron chi connectivity index (χ2n) is 5.42. The quantitative estimate of drug-likeness (QED) is 0.749. The second-order valence-corrected chi connectivity index (χ2v) is 5.86. The number of carbonyl (C=O) groups excluding carboxylic acids is 1. The van der Waals surface area contributed by atoms with Crippen molar-refractivity contribution in [3.63, 3.8) is 0 Å². The Bertz CT molecular complexity index is 891. The van der Waals surface area contributed by atoms with Crippen LogP contribution in [0.1, 0.15) is 11.5 Å². The summed E-state index contributed by atoms with van der Waals surface area (Å²) < 4.78 is 10.3. The summed E-state index contributed by atoms with van der Waals surface area (Å²) in [6.07, 6.45) is -0.0187. The fraction of sp³-hybridized carbons (Fsp3) is 0.167. The molecule has 6 nitrogen and oxygen atoms in total. The fourth-order valence-corrected chi connectivity index (χ4v) is 2.42. The van der Waals surface area contributed by atoms with E-state index in [0.717, 1.165) is 16.9 Å². The number of nitrogens with one attached hydrogen (secondary N) is 1. The highest BCUT2D eigenvalue weighted by Crippen LogP contribution is 2.21. The number of carbonyl (C=O) groups is 1. The third-order valence-corrected chi connectivity index (χ3v) is 3.84. The lowest BCUT2D eigenvalue weighted by Gasteiger charge is -2.07. The van der Waals surface area contributed by atoms with Crippen LogP contribution in [0.25, 0.3) is 11.4 Å². The third kappa shape index (κ3) is 4.16. The first kappa shape index (κ1) is 17.0. The van der Waals surface area contributed by atoms with Gasteiger partial charge in [0.2, 0.25) is 17.6 Å². The van der Waals surface area contributed by atoms with Gasteiger partial charge in [0.15, 0.2) is 0 Å². The average molecular weight is 358 g/mol. The van der Waals surface area contributed by atoms with Crippen molar-refractivity contribution in [2.75, 3.05) is 12.4 Å². The molecule has 0 aliphatic heterocycles. The van der Waals surface area contributed by atoms with E-state index in [1.54, 1.807) is 31.4 Å². The molecule has 25 heavy (non-hydrogen) atoms. The predicted octanol–water partition coefficient (Wildman–Crippen LogP) is 3.89. The number of anilines is 1. The van der Waals surface area contributed by atoms with Crippen LogP contribution >= 0.6 is 11.6 Å². The van der Waals surface area contributed by atoms with Crippen molar-refractivity contribution < 1.29 is 14.1 Å². The zero-order chi connectivity index (χ0) is 17.8. The zero-order valence-corrected chi connectivity index (χ0v) is 14.5. The molecule has 0 aliphatic carbocycles. The SMILES string of the molecule is COc1ccc(-c2noc(CC(=O)Nc3cc(Cl)ccc3C)n2)cc1. The molecule has 1 aromatic heterocycles. The molecule has 0 radical (unpaired) electrons. The molecule has 1 amide bonds. The molecular formula is C18H16ClN3O3. The molecule has 2 aromatic carbocycles. The zero-order valence-electron chi connectivity index (χ0n) is 13.7. The van der Waals surface area contributed by atoms with Gasteiger partial charge in [-0.1, -0.05) is 22.8 Å². The van der Waals surface area contributed by atoms with Crippen LogP contribution in [0.4, 0.5) is 5.69 Å². The number of amides is 1. The normalized spacial score (nSPS) is 10.5. The molecule has 0 bridgehead atoms. The second kappa shape index (κ2) is 7.36. The molecule has 1 heterocycles. The molecule has 0 unspecified atom stereocenters. The lowest BCUT2D eigenvalue weighted by molar-refractivity contribution is -0.115. The number of aromatic nitrogens is 2. The van der Waals surface area contributed by atoms with Crippen molar-refractivity contribution in [1.82, 2.24) is 10.1 Å². The Kier molecular flexibility index (Phi) is 5.00. The number of methoxy groups -OCH3 is 1. The summed E-state index contributed by atoms with van der Waals surface area (Å²) >= 11 is 5.95. The molecule has 128 valence electrons. The van der Waals surface area contributed by atoms with E-state index in [4.69, 9.17) is 20.9 Å².